The van der Waals surface area contributed by atoms with Crippen molar-refractivity contribution >= 4 is 17.3 Å². The molecule has 0 aromatic carbocycles. The average Bonchev–Trinajstić information content (AvgIpc) is 2.75. The van der Waals surface area contributed by atoms with Crippen molar-refractivity contribution in [3.63, 3.8) is 0 Å². The van der Waals surface area contributed by atoms with Crippen molar-refractivity contribution in [1.82, 2.24) is 15.1 Å². The Balaban J connectivity index is 2.33. The van der Waals surface area contributed by atoms with Crippen LogP contribution >= 0.6 is 11.3 Å². The molecule has 0 spiro atoms. The Morgan fingerprint density at radius 3 is 2.85 bits per heavy atom. The quantitative estimate of drug-likeness (QED) is 0.723. The number of anilines is 1. The van der Waals surface area contributed by atoms with E-state index in [1.165, 1.54) is 11.3 Å². The number of rotatable bonds is 2. The molecule has 2 aromatic rings. The largest absolute Gasteiger partial charge is 0.344 e. The summed E-state index contributed by atoms with van der Waals surface area (Å²) in [5.74, 6) is 1.09. The number of thiazole rings is 1. The maximum absolute atomic E-state index is 5.04. The van der Waals surface area contributed by atoms with Crippen molar-refractivity contribution in [2.24, 2.45) is 0 Å². The van der Waals surface area contributed by atoms with Gasteiger partial charge >= 0.3 is 0 Å². The summed E-state index contributed by atoms with van der Waals surface area (Å²) >= 11 is 1.48. The molecule has 0 N–H and O–H groups in total. The highest BCUT2D eigenvalue weighted by atomic mass is 32.1. The molecule has 0 fully saturated rings. The van der Waals surface area contributed by atoms with E-state index < -0.39 is 0 Å². The van der Waals surface area contributed by atoms with Crippen LogP contribution in [0, 0.1) is 0 Å². The Morgan fingerprint density at radius 2 is 2.31 bits per heavy atom. The highest BCUT2D eigenvalue weighted by molar-refractivity contribution is 7.13. The highest BCUT2D eigenvalue weighted by Crippen LogP contribution is 2.22. The fraction of sp³-hybridized carbons (Fsp3) is 0.286. The van der Waals surface area contributed by atoms with E-state index in [1.807, 2.05) is 14.1 Å². The number of hydrogen-bond donors (Lipinski definition) is 0. The van der Waals surface area contributed by atoms with E-state index in [0.29, 0.717) is 11.8 Å². The Bertz CT molecular complexity index is 381. The van der Waals surface area contributed by atoms with Gasteiger partial charge in [-0.2, -0.15) is 4.98 Å². The van der Waals surface area contributed by atoms with E-state index in [0.717, 1.165) is 4.88 Å². The van der Waals surface area contributed by atoms with Crippen LogP contribution in [0.4, 0.5) is 5.95 Å². The smallest absolute Gasteiger partial charge is 0.271 e. The predicted octanol–water partition coefficient (Wildman–Crippen LogP) is 1.26. The predicted molar refractivity (Wildman–Crippen MR) is 49.7 cm³/mol. The van der Waals surface area contributed by atoms with Crippen LogP contribution in [0.3, 0.4) is 0 Å². The highest BCUT2D eigenvalue weighted by Gasteiger charge is 2.10. The molecular formula is C7H8N4OS. The fourth-order valence-electron chi connectivity index (χ4n) is 0.819. The zero-order valence-electron chi connectivity index (χ0n) is 7.26. The first-order chi connectivity index (χ1) is 6.27. The topological polar surface area (TPSA) is 55.1 Å². The van der Waals surface area contributed by atoms with Crippen molar-refractivity contribution in [2.75, 3.05) is 19.0 Å². The standard InChI is InChI=1S/C7H8N4OS/c1-11(2)7-9-6(12-10-7)5-3-8-4-13-5/h3-4H,1-2H3. The monoisotopic (exact) mass is 196 g/mol. The second-order valence-corrected chi connectivity index (χ2v) is 3.55. The van der Waals surface area contributed by atoms with Gasteiger partial charge in [0.2, 0.25) is 0 Å². The molecule has 0 amide bonds. The van der Waals surface area contributed by atoms with E-state index in [4.69, 9.17) is 4.52 Å². The van der Waals surface area contributed by atoms with Crippen LogP contribution in [0.15, 0.2) is 16.2 Å². The van der Waals surface area contributed by atoms with Crippen molar-refractivity contribution in [2.45, 2.75) is 0 Å². The second kappa shape index (κ2) is 3.14. The molecule has 2 rings (SSSR count). The summed E-state index contributed by atoms with van der Waals surface area (Å²) in [5, 5.41) is 3.79. The average molecular weight is 196 g/mol. The number of nitrogens with zero attached hydrogens (tertiary/aromatic N) is 4. The second-order valence-electron chi connectivity index (χ2n) is 2.66. The molecule has 0 bridgehead atoms. The first kappa shape index (κ1) is 8.18. The molecule has 0 unspecified atom stereocenters. The third-order valence-corrected chi connectivity index (χ3v) is 2.22. The molecule has 0 saturated heterocycles. The molecule has 0 atom stereocenters. The van der Waals surface area contributed by atoms with Crippen LogP contribution in [-0.2, 0) is 0 Å². The SMILES string of the molecule is CN(C)c1noc(-c2cncs2)n1. The molecule has 2 aromatic heterocycles. The lowest BCUT2D eigenvalue weighted by atomic mass is 10.5. The summed E-state index contributed by atoms with van der Waals surface area (Å²) in [6.07, 6.45) is 1.71. The van der Waals surface area contributed by atoms with Gasteiger partial charge in [0, 0.05) is 14.1 Å². The van der Waals surface area contributed by atoms with Gasteiger partial charge in [0.1, 0.15) is 4.88 Å². The molecule has 68 valence electrons. The molecule has 0 aliphatic carbocycles. The van der Waals surface area contributed by atoms with Gasteiger partial charge in [-0.05, 0) is 5.16 Å². The first-order valence-electron chi connectivity index (χ1n) is 3.67. The van der Waals surface area contributed by atoms with Crippen molar-refractivity contribution in [3.05, 3.63) is 11.7 Å². The summed E-state index contributed by atoms with van der Waals surface area (Å²) < 4.78 is 5.04. The van der Waals surface area contributed by atoms with E-state index >= 15 is 0 Å². The third-order valence-electron chi connectivity index (χ3n) is 1.46. The van der Waals surface area contributed by atoms with Crippen LogP contribution in [-0.4, -0.2) is 29.2 Å². The van der Waals surface area contributed by atoms with E-state index in [2.05, 4.69) is 15.1 Å². The summed E-state index contributed by atoms with van der Waals surface area (Å²) in [5.41, 5.74) is 1.73. The van der Waals surface area contributed by atoms with Crippen molar-refractivity contribution < 1.29 is 4.52 Å². The minimum Gasteiger partial charge on any atom is -0.344 e. The van der Waals surface area contributed by atoms with Gasteiger partial charge in [-0.15, -0.1) is 11.3 Å². The minimum absolute atomic E-state index is 0.520. The van der Waals surface area contributed by atoms with Gasteiger partial charge in [-0.3, -0.25) is 4.98 Å². The van der Waals surface area contributed by atoms with Crippen LogP contribution in [0.2, 0.25) is 0 Å². The summed E-state index contributed by atoms with van der Waals surface area (Å²) in [6, 6.07) is 0. The number of hydrogen-bond acceptors (Lipinski definition) is 6. The van der Waals surface area contributed by atoms with E-state index in [-0.39, 0.29) is 0 Å². The lowest BCUT2D eigenvalue weighted by Crippen LogP contribution is -2.09. The lowest BCUT2D eigenvalue weighted by Gasteiger charge is -2.01. The Kier molecular flexibility index (Phi) is 1.97. The maximum atomic E-state index is 5.04. The summed E-state index contributed by atoms with van der Waals surface area (Å²) in [7, 11) is 3.72. The van der Waals surface area contributed by atoms with Crippen LogP contribution in [0.1, 0.15) is 0 Å². The van der Waals surface area contributed by atoms with Gasteiger partial charge in [-0.1, -0.05) is 0 Å². The molecule has 5 nitrogen and oxygen atoms in total. The first-order valence-corrected chi connectivity index (χ1v) is 4.55. The Morgan fingerprint density at radius 1 is 1.46 bits per heavy atom. The molecule has 0 aliphatic rings. The lowest BCUT2D eigenvalue weighted by molar-refractivity contribution is 0.431. The molecule has 0 radical (unpaired) electrons. The van der Waals surface area contributed by atoms with Gasteiger partial charge in [0.15, 0.2) is 0 Å². The Hall–Kier alpha value is -1.43. The molecule has 0 saturated carbocycles. The molecule has 2 heterocycles. The van der Waals surface area contributed by atoms with Gasteiger partial charge < -0.3 is 9.42 Å². The number of aromatic nitrogens is 3. The zero-order chi connectivity index (χ0) is 9.26. The van der Waals surface area contributed by atoms with Gasteiger partial charge in [0.05, 0.1) is 11.7 Å². The van der Waals surface area contributed by atoms with E-state index in [1.54, 1.807) is 16.6 Å². The van der Waals surface area contributed by atoms with Gasteiger partial charge in [-0.25, -0.2) is 0 Å². The van der Waals surface area contributed by atoms with Crippen LogP contribution in [0.5, 0.6) is 0 Å². The molecular weight excluding hydrogens is 188 g/mol. The summed E-state index contributed by atoms with van der Waals surface area (Å²) in [6.45, 7) is 0. The molecule has 0 aliphatic heterocycles. The normalized spacial score (nSPS) is 10.3. The summed E-state index contributed by atoms with van der Waals surface area (Å²) in [4.78, 5) is 10.8. The molecule has 6 heteroatoms. The molecule has 13 heavy (non-hydrogen) atoms. The fourth-order valence-corrected chi connectivity index (χ4v) is 1.36. The third kappa shape index (κ3) is 1.52. The van der Waals surface area contributed by atoms with Crippen LogP contribution in [0.25, 0.3) is 10.8 Å². The van der Waals surface area contributed by atoms with Crippen molar-refractivity contribution in [1.29, 1.82) is 0 Å². The van der Waals surface area contributed by atoms with Crippen molar-refractivity contribution in [3.8, 4) is 10.8 Å². The van der Waals surface area contributed by atoms with E-state index in [9.17, 15) is 0 Å². The van der Waals surface area contributed by atoms with Gasteiger partial charge in [0.25, 0.3) is 11.8 Å². The maximum Gasteiger partial charge on any atom is 0.271 e. The van der Waals surface area contributed by atoms with Crippen LogP contribution < -0.4 is 4.90 Å². The zero-order valence-corrected chi connectivity index (χ0v) is 8.08. The Labute approximate surface area is 79.0 Å². The minimum atomic E-state index is 0.520.